The van der Waals surface area contributed by atoms with E-state index in [9.17, 15) is 4.79 Å². The van der Waals surface area contributed by atoms with Crippen LogP contribution in [0.2, 0.25) is 5.02 Å². The summed E-state index contributed by atoms with van der Waals surface area (Å²) < 4.78 is 6.36. The molecule has 0 bridgehead atoms. The Morgan fingerprint density at radius 2 is 2.03 bits per heavy atom. The fourth-order valence-electron chi connectivity index (χ4n) is 3.40. The van der Waals surface area contributed by atoms with Gasteiger partial charge in [0, 0.05) is 28.8 Å². The van der Waals surface area contributed by atoms with Crippen LogP contribution in [0.4, 0.5) is 5.69 Å². The Morgan fingerprint density at radius 3 is 2.74 bits per heavy atom. The first-order chi connectivity index (χ1) is 14.8. The standard InChI is InChI=1S/C23H23ClN4O2S/c1-13(2)12-31-23-25-21-20(26-27-23)18-10-14(3)8-9-19(18)28(15(4)29)22(30-21)16-6-5-7-17(24)11-16/h5-11,13,22H,12H2,1-4H3/t22-/m1/s1. The Morgan fingerprint density at radius 1 is 1.23 bits per heavy atom. The van der Waals surface area contributed by atoms with Crippen molar-refractivity contribution in [3.8, 4) is 17.1 Å². The number of thioether (sulfide) groups is 1. The number of amides is 1. The molecular formula is C23H23ClN4O2S. The molecule has 0 fully saturated rings. The lowest BCUT2D eigenvalue weighted by Crippen LogP contribution is -2.36. The van der Waals surface area contributed by atoms with Crippen LogP contribution in [0.3, 0.4) is 0 Å². The molecule has 1 aromatic heterocycles. The van der Waals surface area contributed by atoms with Gasteiger partial charge in [0.15, 0.2) is 5.69 Å². The smallest absolute Gasteiger partial charge is 0.247 e. The zero-order valence-electron chi connectivity index (χ0n) is 17.8. The molecule has 8 heteroatoms. The predicted molar refractivity (Wildman–Crippen MR) is 124 cm³/mol. The fraction of sp³-hybridized carbons (Fsp3) is 0.304. The van der Waals surface area contributed by atoms with Crippen LogP contribution in [0.5, 0.6) is 5.88 Å². The Hall–Kier alpha value is -2.64. The van der Waals surface area contributed by atoms with E-state index < -0.39 is 6.23 Å². The SMILES string of the molecule is CC(=O)N1c2ccc(C)cc2-c2nnc(SCC(C)C)nc2O[C@@H]1c1cccc(Cl)c1. The van der Waals surface area contributed by atoms with Crippen LogP contribution in [-0.2, 0) is 4.79 Å². The molecule has 31 heavy (non-hydrogen) atoms. The molecule has 0 radical (unpaired) electrons. The summed E-state index contributed by atoms with van der Waals surface area (Å²) in [6.45, 7) is 7.79. The number of carbonyl (C=O) groups excluding carboxylic acids is 1. The van der Waals surface area contributed by atoms with Gasteiger partial charge in [-0.15, -0.1) is 10.2 Å². The van der Waals surface area contributed by atoms with Crippen molar-refractivity contribution >= 4 is 35.0 Å². The van der Waals surface area contributed by atoms with Crippen molar-refractivity contribution in [3.63, 3.8) is 0 Å². The van der Waals surface area contributed by atoms with Crippen LogP contribution < -0.4 is 9.64 Å². The van der Waals surface area contributed by atoms with Crippen molar-refractivity contribution in [2.45, 2.75) is 39.1 Å². The Labute approximate surface area is 191 Å². The lowest BCUT2D eigenvalue weighted by molar-refractivity contribution is -0.118. The summed E-state index contributed by atoms with van der Waals surface area (Å²) in [5.41, 5.74) is 3.76. The third kappa shape index (κ3) is 4.52. The molecule has 4 rings (SSSR count). The maximum absolute atomic E-state index is 12.8. The molecule has 160 valence electrons. The van der Waals surface area contributed by atoms with Gasteiger partial charge in [-0.05, 0) is 37.1 Å². The van der Waals surface area contributed by atoms with E-state index in [0.717, 1.165) is 22.4 Å². The van der Waals surface area contributed by atoms with Crippen molar-refractivity contribution in [1.29, 1.82) is 0 Å². The summed E-state index contributed by atoms with van der Waals surface area (Å²) in [6.07, 6.45) is -0.737. The van der Waals surface area contributed by atoms with Crippen molar-refractivity contribution in [2.75, 3.05) is 10.7 Å². The Bertz CT molecular complexity index is 1140. The molecule has 0 N–H and O–H groups in total. The van der Waals surface area contributed by atoms with Crippen molar-refractivity contribution in [1.82, 2.24) is 15.2 Å². The highest BCUT2D eigenvalue weighted by Gasteiger charge is 2.34. The van der Waals surface area contributed by atoms with Crippen molar-refractivity contribution in [3.05, 3.63) is 58.6 Å². The maximum atomic E-state index is 12.8. The zero-order chi connectivity index (χ0) is 22.1. The Balaban J connectivity index is 1.91. The molecule has 0 saturated carbocycles. The molecular weight excluding hydrogens is 432 g/mol. The van der Waals surface area contributed by atoms with E-state index in [2.05, 4.69) is 29.0 Å². The number of fused-ring (bicyclic) bond motifs is 3. The number of hydrogen-bond donors (Lipinski definition) is 0. The lowest BCUT2D eigenvalue weighted by Gasteiger charge is -2.30. The van der Waals surface area contributed by atoms with Crippen LogP contribution in [0.15, 0.2) is 47.6 Å². The number of anilines is 1. The molecule has 2 heterocycles. The summed E-state index contributed by atoms with van der Waals surface area (Å²) in [4.78, 5) is 19.1. The van der Waals surface area contributed by atoms with E-state index in [-0.39, 0.29) is 5.91 Å². The number of benzene rings is 2. The summed E-state index contributed by atoms with van der Waals surface area (Å²) >= 11 is 7.78. The minimum absolute atomic E-state index is 0.162. The molecule has 0 saturated heterocycles. The fourth-order valence-corrected chi connectivity index (χ4v) is 4.32. The third-order valence-electron chi connectivity index (χ3n) is 4.78. The van der Waals surface area contributed by atoms with Crippen molar-refractivity contribution < 1.29 is 9.53 Å². The molecule has 0 spiro atoms. The average molecular weight is 455 g/mol. The minimum Gasteiger partial charge on any atom is -0.447 e. The first kappa shape index (κ1) is 21.6. The highest BCUT2D eigenvalue weighted by atomic mass is 35.5. The molecule has 3 aromatic rings. The summed E-state index contributed by atoms with van der Waals surface area (Å²) in [5, 5.41) is 9.88. The maximum Gasteiger partial charge on any atom is 0.247 e. The molecule has 1 amide bonds. The van der Waals surface area contributed by atoms with Gasteiger partial charge in [-0.2, -0.15) is 4.98 Å². The topological polar surface area (TPSA) is 68.2 Å². The molecule has 0 unspecified atom stereocenters. The predicted octanol–water partition coefficient (Wildman–Crippen LogP) is 5.69. The number of rotatable bonds is 4. The number of carbonyl (C=O) groups is 1. The lowest BCUT2D eigenvalue weighted by atomic mass is 10.0. The van der Waals surface area contributed by atoms with Gasteiger partial charge in [0.25, 0.3) is 0 Å². The van der Waals surface area contributed by atoms with E-state index in [4.69, 9.17) is 16.3 Å². The minimum atomic E-state index is -0.737. The van der Waals surface area contributed by atoms with E-state index in [1.807, 2.05) is 37.3 Å². The second kappa shape index (κ2) is 8.85. The molecule has 1 aliphatic heterocycles. The molecule has 6 nitrogen and oxygen atoms in total. The number of aromatic nitrogens is 3. The summed E-state index contributed by atoms with van der Waals surface area (Å²) in [7, 11) is 0. The Kier molecular flexibility index (Phi) is 6.16. The van der Waals surface area contributed by atoms with Crippen LogP contribution in [0.1, 0.15) is 38.1 Å². The molecule has 2 aromatic carbocycles. The van der Waals surface area contributed by atoms with Crippen LogP contribution in [-0.4, -0.2) is 26.8 Å². The summed E-state index contributed by atoms with van der Waals surface area (Å²) in [6, 6.07) is 13.1. The summed E-state index contributed by atoms with van der Waals surface area (Å²) in [5.74, 6) is 1.55. The second-order valence-electron chi connectivity index (χ2n) is 7.89. The van der Waals surface area contributed by atoms with E-state index >= 15 is 0 Å². The first-order valence-corrected chi connectivity index (χ1v) is 11.4. The zero-order valence-corrected chi connectivity index (χ0v) is 19.4. The second-order valence-corrected chi connectivity index (χ2v) is 9.31. The van der Waals surface area contributed by atoms with Gasteiger partial charge in [-0.25, -0.2) is 0 Å². The number of ether oxygens (including phenoxy) is 1. The quantitative estimate of drug-likeness (QED) is 0.471. The van der Waals surface area contributed by atoms with Gasteiger partial charge >= 0.3 is 0 Å². The van der Waals surface area contributed by atoms with Crippen LogP contribution >= 0.6 is 23.4 Å². The number of nitrogens with zero attached hydrogens (tertiary/aromatic N) is 4. The molecule has 1 aliphatic rings. The van der Waals surface area contributed by atoms with Gasteiger partial charge in [-0.1, -0.05) is 61.0 Å². The van der Waals surface area contributed by atoms with Crippen LogP contribution in [0, 0.1) is 12.8 Å². The average Bonchev–Trinajstić information content (AvgIpc) is 2.86. The van der Waals surface area contributed by atoms with Gasteiger partial charge in [0.05, 0.1) is 5.69 Å². The molecule has 0 aliphatic carbocycles. The monoisotopic (exact) mass is 454 g/mol. The third-order valence-corrected chi connectivity index (χ3v) is 6.28. The van der Waals surface area contributed by atoms with Gasteiger partial charge in [0.2, 0.25) is 23.2 Å². The molecule has 1 atom stereocenters. The number of hydrogen-bond acceptors (Lipinski definition) is 6. The number of halogens is 1. The van der Waals surface area contributed by atoms with E-state index in [1.165, 1.54) is 18.7 Å². The number of aryl methyl sites for hydroxylation is 1. The van der Waals surface area contributed by atoms with Gasteiger partial charge in [0.1, 0.15) is 0 Å². The van der Waals surface area contributed by atoms with Gasteiger partial charge < -0.3 is 4.74 Å². The van der Waals surface area contributed by atoms with E-state index in [1.54, 1.807) is 17.0 Å². The van der Waals surface area contributed by atoms with Crippen LogP contribution in [0.25, 0.3) is 11.3 Å². The highest BCUT2D eigenvalue weighted by Crippen LogP contribution is 2.44. The van der Waals surface area contributed by atoms with E-state index in [0.29, 0.717) is 33.4 Å². The largest absolute Gasteiger partial charge is 0.447 e. The van der Waals surface area contributed by atoms with Crippen molar-refractivity contribution in [2.24, 2.45) is 5.92 Å². The first-order valence-electron chi connectivity index (χ1n) is 10.0. The normalized spacial score (nSPS) is 15.2. The highest BCUT2D eigenvalue weighted by molar-refractivity contribution is 7.99. The van der Waals surface area contributed by atoms with Gasteiger partial charge in [-0.3, -0.25) is 9.69 Å².